The van der Waals surface area contributed by atoms with Crippen LogP contribution in [0.2, 0.25) is 0 Å². The van der Waals surface area contributed by atoms with Crippen LogP contribution in [0.25, 0.3) is 81.3 Å². The quantitative estimate of drug-likeness (QED) is 0.161. The van der Waals surface area contributed by atoms with E-state index < -0.39 is 0 Å². The molecule has 12 rings (SSSR count). The molecule has 61 heavy (non-hydrogen) atoms. The van der Waals surface area contributed by atoms with Gasteiger partial charge in [-0.15, -0.1) is 11.3 Å². The number of hydrogen-bond acceptors (Lipinski definition) is 4. The Labute approximate surface area is 357 Å². The Kier molecular flexibility index (Phi) is 8.43. The smallest absolute Gasteiger partial charge is 0.142 e. The molecule has 0 aliphatic carbocycles. The molecule has 4 heteroatoms. The first-order chi connectivity index (χ1) is 30.2. The first kappa shape index (κ1) is 35.3. The molecular weight excluding hydrogens is 763 g/mol. The Balaban J connectivity index is 0.918. The second-order valence-corrected chi connectivity index (χ2v) is 16.6. The molecule has 0 spiro atoms. The zero-order valence-corrected chi connectivity index (χ0v) is 33.9. The van der Waals surface area contributed by atoms with Crippen molar-refractivity contribution in [3.05, 3.63) is 223 Å². The predicted molar refractivity (Wildman–Crippen MR) is 256 cm³/mol. The van der Waals surface area contributed by atoms with Crippen LogP contribution in [0.1, 0.15) is 11.1 Å². The average molecular weight is 800 g/mol. The lowest BCUT2D eigenvalue weighted by Gasteiger charge is -2.28. The number of allylic oxidation sites excluding steroid dienone is 1. The van der Waals surface area contributed by atoms with Crippen molar-refractivity contribution in [1.82, 2.24) is 0 Å². The maximum Gasteiger partial charge on any atom is 0.142 e. The van der Waals surface area contributed by atoms with Crippen LogP contribution in [0.5, 0.6) is 5.75 Å². The molecule has 2 aromatic heterocycles. The number of fused-ring (bicyclic) bond motifs is 8. The summed E-state index contributed by atoms with van der Waals surface area (Å²) in [6.45, 7) is 0. The molecule has 0 atom stereocenters. The van der Waals surface area contributed by atoms with Crippen molar-refractivity contribution in [3.8, 4) is 39.1 Å². The average Bonchev–Trinajstić information content (AvgIpc) is 3.91. The molecule has 11 aromatic rings. The zero-order chi connectivity index (χ0) is 40.3. The number of ether oxygens (including phenoxy) is 1. The summed E-state index contributed by atoms with van der Waals surface area (Å²) in [7, 11) is 0. The van der Waals surface area contributed by atoms with Crippen molar-refractivity contribution in [2.45, 2.75) is 6.42 Å². The molecule has 9 aromatic carbocycles. The van der Waals surface area contributed by atoms with E-state index in [2.05, 4.69) is 199 Å². The van der Waals surface area contributed by atoms with E-state index in [0.29, 0.717) is 0 Å². The molecule has 3 nitrogen and oxygen atoms in total. The topological polar surface area (TPSA) is 25.6 Å². The largest absolute Gasteiger partial charge is 0.456 e. The van der Waals surface area contributed by atoms with Crippen molar-refractivity contribution < 1.29 is 9.15 Å². The second-order valence-electron chi connectivity index (χ2n) is 15.6. The fraction of sp³-hybridized carbons (Fsp3) is 0.0175. The SMILES string of the molecule is C1=C(c2ccccc2)Oc2c(ccc3oc4cc(-c5ccc(N(c6ccc(-c7cccc8c7sc7ccccc78)cc6)c6ccccc6-c6ccccc6)cc5)ccc4c23)C1. The highest BCUT2D eigenvalue weighted by Gasteiger charge is 2.22. The summed E-state index contributed by atoms with van der Waals surface area (Å²) in [4.78, 5) is 2.37. The Morgan fingerprint density at radius 1 is 0.443 bits per heavy atom. The van der Waals surface area contributed by atoms with Crippen LogP contribution < -0.4 is 9.64 Å². The van der Waals surface area contributed by atoms with Gasteiger partial charge in [0.1, 0.15) is 22.7 Å². The van der Waals surface area contributed by atoms with Crippen LogP contribution in [0.3, 0.4) is 0 Å². The first-order valence-electron chi connectivity index (χ1n) is 20.7. The Bertz CT molecular complexity index is 3450. The Hall–Kier alpha value is -7.66. The molecule has 3 heterocycles. The first-order valence-corrected chi connectivity index (χ1v) is 21.5. The molecule has 288 valence electrons. The lowest BCUT2D eigenvalue weighted by atomic mass is 9.99. The van der Waals surface area contributed by atoms with Gasteiger partial charge in [0.15, 0.2) is 0 Å². The van der Waals surface area contributed by atoms with Crippen LogP contribution in [0.15, 0.2) is 217 Å². The molecule has 1 aliphatic rings. The minimum atomic E-state index is 0.812. The van der Waals surface area contributed by atoms with E-state index in [1.54, 1.807) is 0 Å². The number of furan rings is 1. The van der Waals surface area contributed by atoms with E-state index in [1.165, 1.54) is 42.4 Å². The number of hydrogen-bond donors (Lipinski definition) is 0. The van der Waals surface area contributed by atoms with E-state index in [0.717, 1.165) is 79.2 Å². The molecular formula is C57H37NO2S. The number of para-hydroxylation sites is 1. The van der Waals surface area contributed by atoms with Crippen molar-refractivity contribution >= 4 is 76.3 Å². The van der Waals surface area contributed by atoms with Crippen molar-refractivity contribution in [2.75, 3.05) is 4.90 Å². The van der Waals surface area contributed by atoms with Crippen LogP contribution in [-0.4, -0.2) is 0 Å². The lowest BCUT2D eigenvalue weighted by Crippen LogP contribution is -2.11. The van der Waals surface area contributed by atoms with Gasteiger partial charge >= 0.3 is 0 Å². The van der Waals surface area contributed by atoms with E-state index in [4.69, 9.17) is 9.15 Å². The molecule has 1 aliphatic heterocycles. The fourth-order valence-electron chi connectivity index (χ4n) is 9.00. The minimum Gasteiger partial charge on any atom is -0.456 e. The molecule has 0 saturated carbocycles. The van der Waals surface area contributed by atoms with Gasteiger partial charge in [-0.05, 0) is 100 Å². The van der Waals surface area contributed by atoms with Crippen LogP contribution in [0, 0.1) is 0 Å². The Morgan fingerprint density at radius 2 is 1.08 bits per heavy atom. The van der Waals surface area contributed by atoms with Crippen LogP contribution in [-0.2, 0) is 6.42 Å². The Morgan fingerprint density at radius 3 is 1.89 bits per heavy atom. The second kappa shape index (κ2) is 14.6. The van der Waals surface area contributed by atoms with Gasteiger partial charge in [-0.2, -0.15) is 0 Å². The van der Waals surface area contributed by atoms with Gasteiger partial charge in [0.25, 0.3) is 0 Å². The van der Waals surface area contributed by atoms with Crippen molar-refractivity contribution in [1.29, 1.82) is 0 Å². The van der Waals surface area contributed by atoms with E-state index in [-0.39, 0.29) is 0 Å². The normalized spacial score (nSPS) is 12.4. The highest BCUT2D eigenvalue weighted by molar-refractivity contribution is 7.26. The maximum atomic E-state index is 6.61. The number of nitrogens with zero attached hydrogens (tertiary/aromatic N) is 1. The summed E-state index contributed by atoms with van der Waals surface area (Å²) < 4.78 is 15.8. The third-order valence-electron chi connectivity index (χ3n) is 12.0. The molecule has 0 amide bonds. The summed E-state index contributed by atoms with van der Waals surface area (Å²) in [5.74, 6) is 1.77. The summed E-state index contributed by atoms with van der Waals surface area (Å²) >= 11 is 1.87. The summed E-state index contributed by atoms with van der Waals surface area (Å²) in [5, 5.41) is 4.70. The highest BCUT2D eigenvalue weighted by atomic mass is 32.1. The monoisotopic (exact) mass is 799 g/mol. The van der Waals surface area contributed by atoms with Gasteiger partial charge in [0.2, 0.25) is 0 Å². The molecule has 0 bridgehead atoms. The molecule has 0 saturated heterocycles. The molecule has 0 N–H and O–H groups in total. The van der Waals surface area contributed by atoms with Gasteiger partial charge in [0.05, 0.1) is 11.1 Å². The van der Waals surface area contributed by atoms with Crippen molar-refractivity contribution in [2.24, 2.45) is 0 Å². The van der Waals surface area contributed by atoms with E-state index in [9.17, 15) is 0 Å². The van der Waals surface area contributed by atoms with Crippen LogP contribution >= 0.6 is 11.3 Å². The number of thiophene rings is 1. The van der Waals surface area contributed by atoms with Gasteiger partial charge in [-0.25, -0.2) is 0 Å². The van der Waals surface area contributed by atoms with Gasteiger partial charge in [-0.3, -0.25) is 0 Å². The number of rotatable bonds is 7. The number of anilines is 3. The molecule has 0 radical (unpaired) electrons. The van der Waals surface area contributed by atoms with Gasteiger partial charge in [0, 0.05) is 48.1 Å². The summed E-state index contributed by atoms with van der Waals surface area (Å²) in [6, 6.07) is 73.7. The van der Waals surface area contributed by atoms with E-state index in [1.807, 2.05) is 29.5 Å². The summed E-state index contributed by atoms with van der Waals surface area (Å²) in [6.07, 6.45) is 2.98. The highest BCUT2D eigenvalue weighted by Crippen LogP contribution is 2.46. The van der Waals surface area contributed by atoms with Gasteiger partial charge in [-0.1, -0.05) is 152 Å². The number of benzene rings is 9. The minimum absolute atomic E-state index is 0.812. The molecule has 0 fully saturated rings. The van der Waals surface area contributed by atoms with Crippen LogP contribution in [0.4, 0.5) is 17.1 Å². The van der Waals surface area contributed by atoms with Crippen molar-refractivity contribution in [3.63, 3.8) is 0 Å². The standard InChI is InChI=1S/C57H37NO2S/c1-3-12-38(13-4-1)45-16-7-9-20-50(45)58(44-31-24-39(25-32-44)46-18-11-19-48-47-17-8-10-21-54(47)61-57(46)48)43-29-22-37(23-30-43)42-26-33-49-53(36-42)59-52-35-28-41-27-34-51(60-56(41)55(49)52)40-14-5-2-6-15-40/h1-26,28-36H,27H2. The predicted octanol–water partition coefficient (Wildman–Crippen LogP) is 16.4. The fourth-order valence-corrected chi connectivity index (χ4v) is 10.2. The summed E-state index contributed by atoms with van der Waals surface area (Å²) in [5.41, 5.74) is 14.2. The maximum absolute atomic E-state index is 6.61. The zero-order valence-electron chi connectivity index (χ0n) is 33.1. The molecule has 0 unspecified atom stereocenters. The van der Waals surface area contributed by atoms with Gasteiger partial charge < -0.3 is 14.1 Å². The third kappa shape index (κ3) is 6.11. The van der Waals surface area contributed by atoms with E-state index >= 15 is 0 Å². The third-order valence-corrected chi connectivity index (χ3v) is 13.2. The lowest BCUT2D eigenvalue weighted by molar-refractivity contribution is 0.504.